The van der Waals surface area contributed by atoms with E-state index < -0.39 is 5.97 Å². The number of hydrogen-bond acceptors (Lipinski definition) is 7. The van der Waals surface area contributed by atoms with Crippen molar-refractivity contribution in [2.45, 2.75) is 37.6 Å². The average molecular weight is 323 g/mol. The lowest BCUT2D eigenvalue weighted by molar-refractivity contribution is -0.145. The van der Waals surface area contributed by atoms with Gasteiger partial charge >= 0.3 is 5.97 Å². The van der Waals surface area contributed by atoms with Gasteiger partial charge in [0.1, 0.15) is 23.6 Å². The summed E-state index contributed by atoms with van der Waals surface area (Å²) in [4.78, 5) is 33.7. The van der Waals surface area contributed by atoms with Crippen LogP contribution in [0.15, 0.2) is 17.4 Å². The Hall–Kier alpha value is -1.63. The fraction of sp³-hybridized carbons (Fsp3) is 0.600. The molecule has 0 aliphatic carbocycles. The molecule has 2 heterocycles. The molecule has 0 spiro atoms. The van der Waals surface area contributed by atoms with E-state index in [2.05, 4.69) is 14.9 Å². The summed E-state index contributed by atoms with van der Waals surface area (Å²) >= 11 is 1.33. The first-order chi connectivity index (χ1) is 10.7. The van der Waals surface area contributed by atoms with Crippen molar-refractivity contribution >= 4 is 29.3 Å². The van der Waals surface area contributed by atoms with Crippen molar-refractivity contribution in [2.75, 3.05) is 30.3 Å². The Morgan fingerprint density at radius 2 is 2.05 bits per heavy atom. The number of nitrogens with zero attached hydrogens (tertiary/aromatic N) is 3. The van der Waals surface area contributed by atoms with Crippen LogP contribution in [0.4, 0.5) is 5.82 Å². The van der Waals surface area contributed by atoms with Gasteiger partial charge in [-0.3, -0.25) is 9.59 Å². The van der Waals surface area contributed by atoms with Crippen LogP contribution >= 0.6 is 11.8 Å². The maximum absolute atomic E-state index is 11.7. The Morgan fingerprint density at radius 3 is 2.77 bits per heavy atom. The number of aromatic nitrogens is 2. The number of ketones is 1. The van der Waals surface area contributed by atoms with E-state index in [4.69, 9.17) is 4.74 Å². The lowest BCUT2D eigenvalue weighted by Gasteiger charge is -2.27. The Kier molecular flexibility index (Phi) is 6.64. The minimum atomic E-state index is -0.468. The first-order valence-electron chi connectivity index (χ1n) is 7.56. The van der Waals surface area contributed by atoms with Gasteiger partial charge in [0, 0.05) is 19.2 Å². The van der Waals surface area contributed by atoms with Gasteiger partial charge in [0.05, 0.1) is 12.4 Å². The van der Waals surface area contributed by atoms with Crippen LogP contribution in [-0.4, -0.2) is 47.2 Å². The van der Waals surface area contributed by atoms with Crippen molar-refractivity contribution < 1.29 is 14.3 Å². The van der Waals surface area contributed by atoms with Crippen molar-refractivity contribution in [3.63, 3.8) is 0 Å². The number of Topliss-reactive ketones (excluding diaryl/α,β-unsaturated/α-hetero) is 1. The molecule has 0 amide bonds. The van der Waals surface area contributed by atoms with Gasteiger partial charge in [-0.2, -0.15) is 0 Å². The molecule has 0 unspecified atom stereocenters. The smallest absolute Gasteiger partial charge is 0.313 e. The summed E-state index contributed by atoms with van der Waals surface area (Å²) in [6.07, 6.45) is 4.99. The SMILES string of the molecule is CCOC(=O)CC(=O)CSc1cc(N2CCCCC2)ncn1. The highest BCUT2D eigenvalue weighted by molar-refractivity contribution is 7.99. The molecule has 22 heavy (non-hydrogen) atoms. The third-order valence-corrected chi connectivity index (χ3v) is 4.32. The Morgan fingerprint density at radius 1 is 1.27 bits per heavy atom. The molecule has 1 aromatic rings. The molecule has 1 aliphatic heterocycles. The molecular formula is C15H21N3O3S. The van der Waals surface area contributed by atoms with Crippen molar-refractivity contribution in [1.82, 2.24) is 9.97 Å². The van der Waals surface area contributed by atoms with E-state index in [1.54, 1.807) is 6.92 Å². The number of carbonyl (C=O) groups excluding carboxylic acids is 2. The highest BCUT2D eigenvalue weighted by Gasteiger charge is 2.14. The molecule has 2 rings (SSSR count). The molecule has 1 aromatic heterocycles. The monoisotopic (exact) mass is 323 g/mol. The minimum Gasteiger partial charge on any atom is -0.466 e. The standard InChI is InChI=1S/C15H21N3O3S/c1-2-21-15(20)8-12(19)10-22-14-9-13(16-11-17-14)18-6-4-3-5-7-18/h9,11H,2-8,10H2,1H3. The minimum absolute atomic E-state index is 0.151. The van der Waals surface area contributed by atoms with Crippen LogP contribution in [-0.2, 0) is 14.3 Å². The fourth-order valence-electron chi connectivity index (χ4n) is 2.28. The molecule has 0 saturated carbocycles. The second-order valence-corrected chi connectivity index (χ2v) is 6.07. The molecular weight excluding hydrogens is 302 g/mol. The quantitative estimate of drug-likeness (QED) is 0.329. The first-order valence-corrected chi connectivity index (χ1v) is 8.54. The van der Waals surface area contributed by atoms with E-state index in [1.165, 1.54) is 37.4 Å². The zero-order valence-electron chi connectivity index (χ0n) is 12.8. The lowest BCUT2D eigenvalue weighted by atomic mass is 10.1. The highest BCUT2D eigenvalue weighted by Crippen LogP contribution is 2.22. The van der Waals surface area contributed by atoms with Crippen molar-refractivity contribution in [3.8, 4) is 0 Å². The van der Waals surface area contributed by atoms with Crippen LogP contribution in [0.2, 0.25) is 0 Å². The predicted octanol–water partition coefficient (Wildman–Crippen LogP) is 2.08. The summed E-state index contributed by atoms with van der Waals surface area (Å²) in [5.74, 6) is 0.511. The van der Waals surface area contributed by atoms with Gasteiger partial charge in [-0.1, -0.05) is 11.8 Å². The lowest BCUT2D eigenvalue weighted by Crippen LogP contribution is -2.30. The number of thioether (sulfide) groups is 1. The van der Waals surface area contributed by atoms with Crippen LogP contribution in [0, 0.1) is 0 Å². The maximum atomic E-state index is 11.7. The second-order valence-electron chi connectivity index (χ2n) is 5.07. The van der Waals surface area contributed by atoms with Crippen LogP contribution in [0.1, 0.15) is 32.6 Å². The second kappa shape index (κ2) is 8.73. The van der Waals surface area contributed by atoms with Gasteiger partial charge < -0.3 is 9.64 Å². The number of rotatable bonds is 7. The predicted molar refractivity (Wildman–Crippen MR) is 85.1 cm³/mol. The molecule has 1 aliphatic rings. The summed E-state index contributed by atoms with van der Waals surface area (Å²) in [6.45, 7) is 4.05. The number of hydrogen-bond donors (Lipinski definition) is 0. The van der Waals surface area contributed by atoms with E-state index in [0.717, 1.165) is 23.9 Å². The average Bonchev–Trinajstić information content (AvgIpc) is 2.54. The van der Waals surface area contributed by atoms with Crippen molar-refractivity contribution in [3.05, 3.63) is 12.4 Å². The van der Waals surface area contributed by atoms with Crippen LogP contribution in [0.25, 0.3) is 0 Å². The summed E-state index contributed by atoms with van der Waals surface area (Å²) in [7, 11) is 0. The first kappa shape index (κ1) is 16.7. The molecule has 1 saturated heterocycles. The summed E-state index contributed by atoms with van der Waals surface area (Å²) < 4.78 is 4.76. The zero-order valence-corrected chi connectivity index (χ0v) is 13.6. The molecule has 120 valence electrons. The van der Waals surface area contributed by atoms with E-state index >= 15 is 0 Å². The van der Waals surface area contributed by atoms with E-state index in [0.29, 0.717) is 6.61 Å². The topological polar surface area (TPSA) is 72.4 Å². The molecule has 0 aromatic carbocycles. The Bertz CT molecular complexity index is 519. The number of ether oxygens (including phenoxy) is 1. The van der Waals surface area contributed by atoms with Gasteiger partial charge in [-0.25, -0.2) is 9.97 Å². The summed E-state index contributed by atoms with van der Waals surface area (Å²) in [5.41, 5.74) is 0. The van der Waals surface area contributed by atoms with Crippen molar-refractivity contribution in [1.29, 1.82) is 0 Å². The van der Waals surface area contributed by atoms with Gasteiger partial charge in [-0.05, 0) is 26.2 Å². The molecule has 1 fully saturated rings. The third-order valence-electron chi connectivity index (χ3n) is 3.34. The molecule has 6 nitrogen and oxygen atoms in total. The molecule has 0 radical (unpaired) electrons. The van der Waals surface area contributed by atoms with E-state index in [-0.39, 0.29) is 18.0 Å². The largest absolute Gasteiger partial charge is 0.466 e. The summed E-state index contributed by atoms with van der Waals surface area (Å²) in [5, 5.41) is 0.757. The molecule has 7 heteroatoms. The van der Waals surface area contributed by atoms with Crippen LogP contribution in [0.3, 0.4) is 0 Å². The van der Waals surface area contributed by atoms with E-state index in [1.807, 2.05) is 6.07 Å². The number of anilines is 1. The highest BCUT2D eigenvalue weighted by atomic mass is 32.2. The normalized spacial score (nSPS) is 14.7. The number of piperidine rings is 1. The molecule has 0 atom stereocenters. The number of carbonyl (C=O) groups is 2. The van der Waals surface area contributed by atoms with Gasteiger partial charge in [0.25, 0.3) is 0 Å². The van der Waals surface area contributed by atoms with Crippen LogP contribution in [0.5, 0.6) is 0 Å². The Balaban J connectivity index is 1.85. The number of esters is 1. The fourth-order valence-corrected chi connectivity index (χ4v) is 3.00. The maximum Gasteiger partial charge on any atom is 0.313 e. The summed E-state index contributed by atoms with van der Waals surface area (Å²) in [6, 6.07) is 1.91. The van der Waals surface area contributed by atoms with Crippen LogP contribution < -0.4 is 4.90 Å². The van der Waals surface area contributed by atoms with E-state index in [9.17, 15) is 9.59 Å². The van der Waals surface area contributed by atoms with Gasteiger partial charge in [0.2, 0.25) is 0 Å². The third kappa shape index (κ3) is 5.29. The molecule has 0 N–H and O–H groups in total. The molecule has 0 bridgehead atoms. The Labute approximate surface area is 134 Å². The van der Waals surface area contributed by atoms with Crippen molar-refractivity contribution in [2.24, 2.45) is 0 Å². The zero-order chi connectivity index (χ0) is 15.8. The van der Waals surface area contributed by atoms with Gasteiger partial charge in [-0.15, -0.1) is 0 Å². The van der Waals surface area contributed by atoms with Gasteiger partial charge in [0.15, 0.2) is 5.78 Å².